The van der Waals surface area contributed by atoms with Crippen LogP contribution in [0.3, 0.4) is 0 Å². The van der Waals surface area contributed by atoms with Crippen LogP contribution < -0.4 is 11.1 Å². The lowest BCUT2D eigenvalue weighted by molar-refractivity contribution is 0.0914. The second-order valence-electron chi connectivity index (χ2n) is 4.45. The number of carbonyl (C=O) groups excluding carboxylic acids is 1. The number of pyridine rings is 1. The van der Waals surface area contributed by atoms with Gasteiger partial charge in [0, 0.05) is 18.2 Å². The summed E-state index contributed by atoms with van der Waals surface area (Å²) in [6.45, 7) is 4.85. The van der Waals surface area contributed by atoms with E-state index in [1.165, 1.54) is 0 Å². The van der Waals surface area contributed by atoms with Gasteiger partial charge >= 0.3 is 0 Å². The summed E-state index contributed by atoms with van der Waals surface area (Å²) in [5.41, 5.74) is 7.29. The van der Waals surface area contributed by atoms with Crippen molar-refractivity contribution in [3.05, 3.63) is 23.4 Å². The van der Waals surface area contributed by atoms with Gasteiger partial charge < -0.3 is 11.1 Å². The molecule has 0 radical (unpaired) electrons. The summed E-state index contributed by atoms with van der Waals surface area (Å²) >= 11 is 0. The predicted molar refractivity (Wildman–Crippen MR) is 63.3 cm³/mol. The van der Waals surface area contributed by atoms with Gasteiger partial charge in [0.25, 0.3) is 0 Å². The Balaban J connectivity index is 2.29. The van der Waals surface area contributed by atoms with Gasteiger partial charge in [0.05, 0.1) is 5.56 Å². The third kappa shape index (κ3) is 1.93. The first-order valence-electron chi connectivity index (χ1n) is 5.59. The van der Waals surface area contributed by atoms with Gasteiger partial charge in [0.1, 0.15) is 5.82 Å². The monoisotopic (exact) mass is 219 g/mol. The predicted octanol–water partition coefficient (Wildman–Crippen LogP) is 1.15. The van der Waals surface area contributed by atoms with Gasteiger partial charge in [0.15, 0.2) is 5.78 Å². The van der Waals surface area contributed by atoms with E-state index in [9.17, 15) is 4.79 Å². The molecule has 0 aliphatic carbocycles. The summed E-state index contributed by atoms with van der Waals surface area (Å²) in [5, 5.41) is 3.27. The van der Waals surface area contributed by atoms with E-state index >= 15 is 0 Å². The molecule has 0 amide bonds. The van der Waals surface area contributed by atoms with Gasteiger partial charge in [-0.1, -0.05) is 0 Å². The largest absolute Gasteiger partial charge is 0.383 e. The number of nitrogen functional groups attached to an aromatic ring is 1. The van der Waals surface area contributed by atoms with Crippen molar-refractivity contribution >= 4 is 11.6 Å². The Morgan fingerprint density at radius 1 is 1.62 bits per heavy atom. The highest BCUT2D eigenvalue weighted by atomic mass is 16.1. The zero-order valence-corrected chi connectivity index (χ0v) is 9.66. The van der Waals surface area contributed by atoms with Crippen LogP contribution in [-0.2, 0) is 0 Å². The van der Waals surface area contributed by atoms with E-state index in [0.29, 0.717) is 11.4 Å². The van der Waals surface area contributed by atoms with Crippen molar-refractivity contribution in [2.24, 2.45) is 5.92 Å². The van der Waals surface area contributed by atoms with E-state index < -0.39 is 0 Å². The number of hydrogen-bond donors (Lipinski definition) is 2. The summed E-state index contributed by atoms with van der Waals surface area (Å²) < 4.78 is 0. The summed E-state index contributed by atoms with van der Waals surface area (Å²) in [4.78, 5) is 16.3. The molecule has 16 heavy (non-hydrogen) atoms. The first-order valence-corrected chi connectivity index (χ1v) is 5.59. The van der Waals surface area contributed by atoms with Crippen molar-refractivity contribution in [1.29, 1.82) is 0 Å². The summed E-state index contributed by atoms with van der Waals surface area (Å²) in [6.07, 6.45) is 2.57. The van der Waals surface area contributed by atoms with Gasteiger partial charge in [-0.25, -0.2) is 4.98 Å². The van der Waals surface area contributed by atoms with Gasteiger partial charge in [-0.2, -0.15) is 0 Å². The molecule has 1 aliphatic rings. The van der Waals surface area contributed by atoms with Crippen molar-refractivity contribution in [1.82, 2.24) is 10.3 Å². The van der Waals surface area contributed by atoms with Gasteiger partial charge in [-0.3, -0.25) is 4.79 Å². The summed E-state index contributed by atoms with van der Waals surface area (Å²) in [5.74, 6) is 0.492. The Kier molecular flexibility index (Phi) is 2.92. The minimum Gasteiger partial charge on any atom is -0.383 e. The normalized spacial score (nSPS) is 24.6. The van der Waals surface area contributed by atoms with Crippen molar-refractivity contribution in [3.63, 3.8) is 0 Å². The van der Waals surface area contributed by atoms with Crippen molar-refractivity contribution in [2.75, 3.05) is 12.3 Å². The van der Waals surface area contributed by atoms with Crippen molar-refractivity contribution in [3.8, 4) is 0 Å². The lowest BCUT2D eigenvalue weighted by atomic mass is 9.92. The smallest absolute Gasteiger partial charge is 0.171 e. The second-order valence-corrected chi connectivity index (χ2v) is 4.45. The molecule has 4 heteroatoms. The molecule has 1 saturated heterocycles. The molecule has 86 valence electrons. The number of Topliss-reactive ketones (excluding diaryl/α,β-unsaturated/α-hetero) is 1. The number of anilines is 1. The molecule has 4 nitrogen and oxygen atoms in total. The number of nitrogens with one attached hydrogen (secondary N) is 1. The maximum Gasteiger partial charge on any atom is 0.171 e. The van der Waals surface area contributed by atoms with Crippen LogP contribution in [-0.4, -0.2) is 23.4 Å². The molecule has 1 aromatic rings. The number of hydrogen-bond acceptors (Lipinski definition) is 4. The number of aromatic nitrogens is 1. The standard InChI is InChI=1S/C12H17N3O/c1-7-5-10(12(13)15-6-7)11(16)9-3-4-14-8(9)2/h5-6,8-9,14H,3-4H2,1-2H3,(H2,13,15). The van der Waals surface area contributed by atoms with E-state index in [1.54, 1.807) is 6.20 Å². The molecule has 1 fully saturated rings. The van der Waals surface area contributed by atoms with Gasteiger partial charge in [0.2, 0.25) is 0 Å². The number of rotatable bonds is 2. The third-order valence-electron chi connectivity index (χ3n) is 3.18. The average Bonchev–Trinajstić information content (AvgIpc) is 2.67. The van der Waals surface area contributed by atoms with Crippen LogP contribution in [0.1, 0.15) is 29.3 Å². The number of ketones is 1. The molecule has 0 bridgehead atoms. The van der Waals surface area contributed by atoms with E-state index in [-0.39, 0.29) is 17.7 Å². The van der Waals surface area contributed by atoms with Crippen LogP contribution in [0, 0.1) is 12.8 Å². The topological polar surface area (TPSA) is 68.0 Å². The lowest BCUT2D eigenvalue weighted by Gasteiger charge is -2.14. The summed E-state index contributed by atoms with van der Waals surface area (Å²) in [7, 11) is 0. The molecule has 1 aliphatic heterocycles. The van der Waals surface area contributed by atoms with E-state index in [1.807, 2.05) is 19.9 Å². The fourth-order valence-corrected chi connectivity index (χ4v) is 2.19. The van der Waals surface area contributed by atoms with Crippen LogP contribution in [0.15, 0.2) is 12.3 Å². The molecule has 2 rings (SSSR count). The Hall–Kier alpha value is -1.42. The number of nitrogens with two attached hydrogens (primary N) is 1. The maximum atomic E-state index is 12.3. The first-order chi connectivity index (χ1) is 7.59. The molecule has 2 atom stereocenters. The fourth-order valence-electron chi connectivity index (χ4n) is 2.19. The molecule has 3 N–H and O–H groups in total. The molecule has 1 aromatic heterocycles. The zero-order chi connectivity index (χ0) is 11.7. The molecular formula is C12H17N3O. The number of nitrogens with zero attached hydrogens (tertiary/aromatic N) is 1. The molecule has 2 heterocycles. The first kappa shape index (κ1) is 11.1. The Labute approximate surface area is 95.3 Å². The van der Waals surface area contributed by atoms with Crippen LogP contribution in [0.2, 0.25) is 0 Å². The van der Waals surface area contributed by atoms with Crippen LogP contribution in [0.5, 0.6) is 0 Å². The second kappa shape index (κ2) is 4.22. The molecule has 0 saturated carbocycles. The highest BCUT2D eigenvalue weighted by Gasteiger charge is 2.31. The number of aryl methyl sites for hydroxylation is 1. The van der Waals surface area contributed by atoms with Gasteiger partial charge in [-0.05, 0) is 38.4 Å². The van der Waals surface area contributed by atoms with Crippen molar-refractivity contribution in [2.45, 2.75) is 26.3 Å². The zero-order valence-electron chi connectivity index (χ0n) is 9.66. The quantitative estimate of drug-likeness (QED) is 0.732. The molecule has 2 unspecified atom stereocenters. The summed E-state index contributed by atoms with van der Waals surface area (Å²) in [6, 6.07) is 2.06. The highest BCUT2D eigenvalue weighted by molar-refractivity contribution is 6.02. The van der Waals surface area contributed by atoms with E-state index in [4.69, 9.17) is 5.73 Å². The highest BCUT2D eigenvalue weighted by Crippen LogP contribution is 2.23. The molecule has 0 spiro atoms. The fraction of sp³-hybridized carbons (Fsp3) is 0.500. The Morgan fingerprint density at radius 2 is 2.38 bits per heavy atom. The number of carbonyl (C=O) groups is 1. The van der Waals surface area contributed by atoms with Gasteiger partial charge in [-0.15, -0.1) is 0 Å². The molecule has 0 aromatic carbocycles. The maximum absolute atomic E-state index is 12.3. The average molecular weight is 219 g/mol. The minimum atomic E-state index is 0.0332. The molecular weight excluding hydrogens is 202 g/mol. The SMILES string of the molecule is Cc1cnc(N)c(C(=O)C2CCNC2C)c1. The van der Waals surface area contributed by atoms with Crippen molar-refractivity contribution < 1.29 is 4.79 Å². The minimum absolute atomic E-state index is 0.0332. The van der Waals surface area contributed by atoms with Crippen LogP contribution >= 0.6 is 0 Å². The van der Waals surface area contributed by atoms with Crippen LogP contribution in [0.25, 0.3) is 0 Å². The van der Waals surface area contributed by atoms with E-state index in [2.05, 4.69) is 10.3 Å². The Bertz CT molecular complexity index is 417. The van der Waals surface area contributed by atoms with Crippen LogP contribution in [0.4, 0.5) is 5.82 Å². The lowest BCUT2D eigenvalue weighted by Crippen LogP contribution is -2.28. The Morgan fingerprint density at radius 3 is 3.00 bits per heavy atom. The van der Waals surface area contributed by atoms with E-state index in [0.717, 1.165) is 18.5 Å². The third-order valence-corrected chi connectivity index (χ3v) is 3.18.